The molecule has 1 unspecified atom stereocenters. The molecule has 0 heterocycles. The van der Waals surface area contributed by atoms with Crippen LogP contribution in [0, 0.1) is 5.41 Å². The number of halogens is 2. The molecule has 0 rings (SSSR count). The minimum atomic E-state index is -2.92. The smallest absolute Gasteiger partial charge is 0.271 e. The van der Waals surface area contributed by atoms with Crippen LogP contribution in [0.1, 0.15) is 85.0 Å². The van der Waals surface area contributed by atoms with Crippen LogP contribution in [-0.4, -0.2) is 17.6 Å². The van der Waals surface area contributed by atoms with Crippen molar-refractivity contribution in [2.45, 2.75) is 90.9 Å². The van der Waals surface area contributed by atoms with E-state index in [1.54, 1.807) is 0 Å². The van der Waals surface area contributed by atoms with Crippen LogP contribution in [0.15, 0.2) is 0 Å². The predicted octanol–water partition coefficient (Wildman–Crippen LogP) is 5.56. The number of alkyl halides is 2. The standard InChI is InChI=1S/C16H32F2O/c1-4-6-8-9-10-12-15(3,11-7-5-2)13-16(17,18)14-19/h19H,4-14H2,1-3H3. The zero-order valence-corrected chi connectivity index (χ0v) is 13.0. The van der Waals surface area contributed by atoms with E-state index in [1.165, 1.54) is 19.3 Å². The summed E-state index contributed by atoms with van der Waals surface area (Å²) in [6.07, 6.45) is 9.36. The zero-order chi connectivity index (χ0) is 14.8. The average molecular weight is 278 g/mol. The molecule has 1 atom stereocenters. The Bertz CT molecular complexity index is 219. The van der Waals surface area contributed by atoms with Gasteiger partial charge in [0.25, 0.3) is 5.92 Å². The number of unbranched alkanes of at least 4 members (excludes halogenated alkanes) is 5. The fourth-order valence-electron chi connectivity index (χ4n) is 2.74. The summed E-state index contributed by atoms with van der Waals surface area (Å²) < 4.78 is 26.9. The van der Waals surface area contributed by atoms with Gasteiger partial charge in [-0.2, -0.15) is 0 Å². The van der Waals surface area contributed by atoms with Crippen molar-refractivity contribution < 1.29 is 13.9 Å². The highest BCUT2D eigenvalue weighted by atomic mass is 19.3. The number of hydrogen-bond donors (Lipinski definition) is 1. The molecule has 19 heavy (non-hydrogen) atoms. The molecule has 1 nitrogen and oxygen atoms in total. The Labute approximate surface area is 117 Å². The molecule has 0 bridgehead atoms. The summed E-state index contributed by atoms with van der Waals surface area (Å²) in [5.74, 6) is -2.92. The SMILES string of the molecule is CCCCCCCC(C)(CCCC)CC(F)(F)CO. The molecular formula is C16H32F2O. The molecule has 0 saturated carbocycles. The van der Waals surface area contributed by atoms with Gasteiger partial charge in [-0.3, -0.25) is 0 Å². The van der Waals surface area contributed by atoms with E-state index in [0.717, 1.165) is 38.5 Å². The van der Waals surface area contributed by atoms with Crippen molar-refractivity contribution in [2.75, 3.05) is 6.61 Å². The van der Waals surface area contributed by atoms with Gasteiger partial charge in [0.1, 0.15) is 6.61 Å². The first-order valence-corrected chi connectivity index (χ1v) is 7.88. The summed E-state index contributed by atoms with van der Waals surface area (Å²) >= 11 is 0. The monoisotopic (exact) mass is 278 g/mol. The molecule has 0 fully saturated rings. The van der Waals surface area contributed by atoms with Gasteiger partial charge in [0.05, 0.1) is 0 Å². The predicted molar refractivity (Wildman–Crippen MR) is 77.7 cm³/mol. The Morgan fingerprint density at radius 3 is 1.89 bits per heavy atom. The third-order valence-electron chi connectivity index (χ3n) is 3.93. The molecule has 0 aliphatic rings. The van der Waals surface area contributed by atoms with Gasteiger partial charge in [-0.25, -0.2) is 8.78 Å². The highest BCUT2D eigenvalue weighted by molar-refractivity contribution is 4.81. The van der Waals surface area contributed by atoms with Gasteiger partial charge in [-0.15, -0.1) is 0 Å². The van der Waals surface area contributed by atoms with Crippen molar-refractivity contribution in [3.8, 4) is 0 Å². The third-order valence-corrected chi connectivity index (χ3v) is 3.93. The van der Waals surface area contributed by atoms with Crippen molar-refractivity contribution in [1.29, 1.82) is 0 Å². The lowest BCUT2D eigenvalue weighted by Crippen LogP contribution is -2.31. The second-order valence-electron chi connectivity index (χ2n) is 6.27. The molecule has 0 aliphatic heterocycles. The zero-order valence-electron chi connectivity index (χ0n) is 13.0. The van der Waals surface area contributed by atoms with E-state index in [2.05, 4.69) is 13.8 Å². The van der Waals surface area contributed by atoms with Crippen LogP contribution in [-0.2, 0) is 0 Å². The second-order valence-corrected chi connectivity index (χ2v) is 6.27. The van der Waals surface area contributed by atoms with Crippen LogP contribution in [0.3, 0.4) is 0 Å². The number of rotatable bonds is 12. The fraction of sp³-hybridized carbons (Fsp3) is 1.00. The molecule has 0 aromatic rings. The molecule has 0 radical (unpaired) electrons. The van der Waals surface area contributed by atoms with Crippen LogP contribution < -0.4 is 0 Å². The number of aliphatic hydroxyl groups is 1. The quantitative estimate of drug-likeness (QED) is 0.463. The van der Waals surface area contributed by atoms with Gasteiger partial charge in [0, 0.05) is 6.42 Å². The van der Waals surface area contributed by atoms with Crippen LogP contribution in [0.5, 0.6) is 0 Å². The molecule has 0 amide bonds. The summed E-state index contributed by atoms with van der Waals surface area (Å²) in [5.41, 5.74) is -0.325. The molecule has 0 aromatic heterocycles. The Morgan fingerprint density at radius 1 is 0.842 bits per heavy atom. The highest BCUT2D eigenvalue weighted by Crippen LogP contribution is 2.40. The second kappa shape index (κ2) is 9.68. The summed E-state index contributed by atoms with van der Waals surface area (Å²) in [6.45, 7) is 5.20. The van der Waals surface area contributed by atoms with Crippen LogP contribution in [0.4, 0.5) is 8.78 Å². The van der Waals surface area contributed by atoms with E-state index in [4.69, 9.17) is 5.11 Å². The summed E-state index contributed by atoms with van der Waals surface area (Å²) in [7, 11) is 0. The molecule has 116 valence electrons. The normalized spacial score (nSPS) is 15.5. The first kappa shape index (κ1) is 18.8. The van der Waals surface area contributed by atoms with Gasteiger partial charge in [-0.1, -0.05) is 65.7 Å². The average Bonchev–Trinajstić information content (AvgIpc) is 2.36. The number of aliphatic hydroxyl groups excluding tert-OH is 1. The van der Waals surface area contributed by atoms with Gasteiger partial charge in [0.2, 0.25) is 0 Å². The minimum absolute atomic E-state index is 0.176. The maximum absolute atomic E-state index is 13.5. The van der Waals surface area contributed by atoms with Crippen molar-refractivity contribution in [3.63, 3.8) is 0 Å². The van der Waals surface area contributed by atoms with Crippen molar-refractivity contribution in [1.82, 2.24) is 0 Å². The molecule has 0 aromatic carbocycles. The van der Waals surface area contributed by atoms with E-state index < -0.39 is 12.5 Å². The van der Waals surface area contributed by atoms with E-state index in [-0.39, 0.29) is 11.8 Å². The molecule has 0 spiro atoms. The van der Waals surface area contributed by atoms with E-state index in [0.29, 0.717) is 0 Å². The van der Waals surface area contributed by atoms with Crippen molar-refractivity contribution in [3.05, 3.63) is 0 Å². The first-order chi connectivity index (χ1) is 8.89. The summed E-state index contributed by atoms with van der Waals surface area (Å²) in [4.78, 5) is 0. The minimum Gasteiger partial charge on any atom is -0.390 e. The van der Waals surface area contributed by atoms with Crippen molar-refractivity contribution >= 4 is 0 Å². The van der Waals surface area contributed by atoms with Crippen LogP contribution >= 0.6 is 0 Å². The van der Waals surface area contributed by atoms with E-state index in [9.17, 15) is 8.78 Å². The summed E-state index contributed by atoms with van der Waals surface area (Å²) in [6, 6.07) is 0. The number of hydrogen-bond acceptors (Lipinski definition) is 1. The Morgan fingerprint density at radius 2 is 1.37 bits per heavy atom. The molecule has 3 heteroatoms. The first-order valence-electron chi connectivity index (χ1n) is 7.88. The van der Waals surface area contributed by atoms with Crippen molar-refractivity contribution in [2.24, 2.45) is 5.41 Å². The van der Waals surface area contributed by atoms with Gasteiger partial charge in [-0.05, 0) is 18.3 Å². The van der Waals surface area contributed by atoms with Gasteiger partial charge in [0.15, 0.2) is 0 Å². The topological polar surface area (TPSA) is 20.2 Å². The lowest BCUT2D eigenvalue weighted by molar-refractivity contribution is -0.0859. The molecule has 1 N–H and O–H groups in total. The molecule has 0 saturated heterocycles. The van der Waals surface area contributed by atoms with Crippen LogP contribution in [0.25, 0.3) is 0 Å². The highest BCUT2D eigenvalue weighted by Gasteiger charge is 2.37. The largest absolute Gasteiger partial charge is 0.390 e. The summed E-state index contributed by atoms with van der Waals surface area (Å²) in [5, 5.41) is 8.77. The van der Waals surface area contributed by atoms with Crippen LogP contribution in [0.2, 0.25) is 0 Å². The maximum atomic E-state index is 13.5. The fourth-order valence-corrected chi connectivity index (χ4v) is 2.74. The van der Waals surface area contributed by atoms with Gasteiger partial charge >= 0.3 is 0 Å². The molecule has 0 aliphatic carbocycles. The lowest BCUT2D eigenvalue weighted by Gasteiger charge is -2.33. The maximum Gasteiger partial charge on any atom is 0.271 e. The Kier molecular flexibility index (Phi) is 9.59. The Hall–Kier alpha value is -0.180. The Balaban J connectivity index is 4.25. The van der Waals surface area contributed by atoms with E-state index in [1.807, 2.05) is 6.92 Å². The molecular weight excluding hydrogens is 246 g/mol. The lowest BCUT2D eigenvalue weighted by atomic mass is 9.75. The third kappa shape index (κ3) is 9.37. The van der Waals surface area contributed by atoms with E-state index >= 15 is 0 Å². The van der Waals surface area contributed by atoms with Gasteiger partial charge < -0.3 is 5.11 Å².